The highest BCUT2D eigenvalue weighted by Gasteiger charge is 2.18. The lowest BCUT2D eigenvalue weighted by atomic mass is 10.2. The summed E-state index contributed by atoms with van der Waals surface area (Å²) >= 11 is 0. The summed E-state index contributed by atoms with van der Waals surface area (Å²) < 4.78 is 43.0. The van der Waals surface area contributed by atoms with E-state index in [0.29, 0.717) is 17.2 Å². The van der Waals surface area contributed by atoms with Crippen molar-refractivity contribution in [2.45, 2.75) is 4.90 Å². The van der Waals surface area contributed by atoms with Crippen LogP contribution in [0.4, 0.5) is 5.69 Å². The molecule has 0 bridgehead atoms. The maximum Gasteiger partial charge on any atom is 0.261 e. The fourth-order valence-corrected chi connectivity index (χ4v) is 3.17. The van der Waals surface area contributed by atoms with Gasteiger partial charge in [-0.15, -0.1) is 0 Å². The second-order valence-electron chi connectivity index (χ2n) is 4.66. The quantitative estimate of drug-likeness (QED) is 0.861. The molecule has 0 spiro atoms. The molecular weight excluding hydrogens is 332 g/mol. The molecule has 0 fully saturated rings. The molecule has 0 atom stereocenters. The lowest BCUT2D eigenvalue weighted by Crippen LogP contribution is -2.13. The van der Waals surface area contributed by atoms with Gasteiger partial charge in [-0.2, -0.15) is 5.26 Å². The first-order chi connectivity index (χ1) is 11.4. The summed E-state index contributed by atoms with van der Waals surface area (Å²) in [5.41, 5.74) is 0.495. The summed E-state index contributed by atoms with van der Waals surface area (Å²) in [4.78, 5) is -0.0182. The minimum atomic E-state index is -3.87. The monoisotopic (exact) mass is 348 g/mol. The van der Waals surface area contributed by atoms with Crippen molar-refractivity contribution in [3.63, 3.8) is 0 Å². The Hall–Kier alpha value is -2.92. The van der Waals surface area contributed by atoms with Crippen molar-refractivity contribution in [3.05, 3.63) is 42.0 Å². The van der Waals surface area contributed by atoms with Crippen LogP contribution in [0.2, 0.25) is 0 Å². The summed E-state index contributed by atoms with van der Waals surface area (Å²) in [6.45, 7) is 0. The molecule has 126 valence electrons. The minimum Gasteiger partial charge on any atom is -0.493 e. The average molecular weight is 348 g/mol. The Morgan fingerprint density at radius 3 is 2.12 bits per heavy atom. The van der Waals surface area contributed by atoms with E-state index in [-0.39, 0.29) is 16.1 Å². The number of nitrogens with zero attached hydrogens (tertiary/aromatic N) is 1. The molecule has 0 radical (unpaired) electrons. The molecule has 7 nitrogen and oxygen atoms in total. The van der Waals surface area contributed by atoms with Gasteiger partial charge in [-0.25, -0.2) is 8.42 Å². The SMILES string of the molecule is COc1cc(NS(=O)(=O)c2cccc(C#N)c2)cc(OC)c1OC. The zero-order valence-electron chi connectivity index (χ0n) is 13.4. The minimum absolute atomic E-state index is 0.0182. The van der Waals surface area contributed by atoms with Crippen molar-refractivity contribution in [1.82, 2.24) is 0 Å². The highest BCUT2D eigenvalue weighted by atomic mass is 32.2. The van der Waals surface area contributed by atoms with Crippen LogP contribution in [0.25, 0.3) is 0 Å². The highest BCUT2D eigenvalue weighted by Crippen LogP contribution is 2.40. The van der Waals surface area contributed by atoms with E-state index in [4.69, 9.17) is 19.5 Å². The maximum absolute atomic E-state index is 12.5. The van der Waals surface area contributed by atoms with Gasteiger partial charge in [0.1, 0.15) is 0 Å². The molecule has 8 heteroatoms. The van der Waals surface area contributed by atoms with Crippen LogP contribution >= 0.6 is 0 Å². The Kier molecular flexibility index (Phi) is 5.16. The zero-order chi connectivity index (χ0) is 17.7. The summed E-state index contributed by atoms with van der Waals surface area (Å²) in [7, 11) is 0.460. The van der Waals surface area contributed by atoms with E-state index < -0.39 is 10.0 Å². The Labute approximate surface area is 140 Å². The van der Waals surface area contributed by atoms with E-state index in [1.54, 1.807) is 0 Å². The topological polar surface area (TPSA) is 97.7 Å². The molecule has 0 heterocycles. The molecule has 0 saturated heterocycles. The van der Waals surface area contributed by atoms with Crippen molar-refractivity contribution < 1.29 is 22.6 Å². The van der Waals surface area contributed by atoms with Gasteiger partial charge in [0.05, 0.1) is 43.5 Å². The van der Waals surface area contributed by atoms with Gasteiger partial charge in [0.2, 0.25) is 5.75 Å². The van der Waals surface area contributed by atoms with E-state index in [9.17, 15) is 8.42 Å². The van der Waals surface area contributed by atoms with Crippen LogP contribution < -0.4 is 18.9 Å². The van der Waals surface area contributed by atoms with Crippen molar-refractivity contribution >= 4 is 15.7 Å². The van der Waals surface area contributed by atoms with E-state index in [2.05, 4.69) is 4.72 Å². The standard InChI is InChI=1S/C16H16N2O5S/c1-21-14-8-12(9-15(22-2)16(14)23-3)18-24(19,20)13-6-4-5-11(7-13)10-17/h4-9,18H,1-3H3. The van der Waals surface area contributed by atoms with Crippen molar-refractivity contribution in [2.75, 3.05) is 26.1 Å². The Morgan fingerprint density at radius 2 is 1.62 bits per heavy atom. The first kappa shape index (κ1) is 17.4. The van der Waals surface area contributed by atoms with Crippen LogP contribution in [0.5, 0.6) is 17.2 Å². The number of hydrogen-bond donors (Lipinski definition) is 1. The largest absolute Gasteiger partial charge is 0.493 e. The fraction of sp³-hybridized carbons (Fsp3) is 0.188. The van der Waals surface area contributed by atoms with Gasteiger partial charge in [-0.05, 0) is 18.2 Å². The number of nitrogens with one attached hydrogen (secondary N) is 1. The van der Waals surface area contributed by atoms with Gasteiger partial charge in [-0.3, -0.25) is 4.72 Å². The lowest BCUT2D eigenvalue weighted by Gasteiger charge is -2.15. The van der Waals surface area contributed by atoms with E-state index in [1.807, 2.05) is 6.07 Å². The summed E-state index contributed by atoms with van der Waals surface area (Å²) in [6.07, 6.45) is 0. The third-order valence-corrected chi connectivity index (χ3v) is 4.57. The number of ether oxygens (including phenoxy) is 3. The first-order valence-corrected chi connectivity index (χ1v) is 8.26. The molecule has 0 aliphatic rings. The molecular formula is C16H16N2O5S. The van der Waals surface area contributed by atoms with Gasteiger partial charge in [0.15, 0.2) is 11.5 Å². The van der Waals surface area contributed by atoms with Crippen LogP contribution in [0, 0.1) is 11.3 Å². The Balaban J connectivity index is 2.44. The molecule has 1 N–H and O–H groups in total. The van der Waals surface area contributed by atoms with Crippen LogP contribution in [0.15, 0.2) is 41.3 Å². The average Bonchev–Trinajstić information content (AvgIpc) is 2.60. The van der Waals surface area contributed by atoms with Crippen LogP contribution in [-0.4, -0.2) is 29.7 Å². The number of nitriles is 1. The predicted molar refractivity (Wildman–Crippen MR) is 88.1 cm³/mol. The summed E-state index contributed by atoms with van der Waals surface area (Å²) in [6, 6.07) is 10.6. The number of methoxy groups -OCH3 is 3. The van der Waals surface area contributed by atoms with Crippen molar-refractivity contribution in [1.29, 1.82) is 5.26 Å². The second-order valence-corrected chi connectivity index (χ2v) is 6.34. The van der Waals surface area contributed by atoms with Gasteiger partial charge >= 0.3 is 0 Å². The molecule has 2 aromatic carbocycles. The normalized spacial score (nSPS) is 10.6. The molecule has 0 unspecified atom stereocenters. The summed E-state index contributed by atoms with van der Waals surface area (Å²) in [5.74, 6) is 0.995. The smallest absolute Gasteiger partial charge is 0.261 e. The number of hydrogen-bond acceptors (Lipinski definition) is 6. The Bertz CT molecular complexity index is 863. The molecule has 0 amide bonds. The zero-order valence-corrected chi connectivity index (χ0v) is 14.2. The van der Waals surface area contributed by atoms with Crippen LogP contribution in [0.1, 0.15) is 5.56 Å². The van der Waals surface area contributed by atoms with E-state index in [1.165, 1.54) is 57.7 Å². The van der Waals surface area contributed by atoms with E-state index >= 15 is 0 Å². The summed E-state index contributed by atoms with van der Waals surface area (Å²) in [5, 5.41) is 8.90. The fourth-order valence-electron chi connectivity index (χ4n) is 2.09. The van der Waals surface area contributed by atoms with Gasteiger partial charge in [0, 0.05) is 12.1 Å². The highest BCUT2D eigenvalue weighted by molar-refractivity contribution is 7.92. The molecule has 2 rings (SSSR count). The van der Waals surface area contributed by atoms with E-state index in [0.717, 1.165) is 0 Å². The third kappa shape index (κ3) is 3.52. The van der Waals surface area contributed by atoms with Crippen molar-refractivity contribution in [2.24, 2.45) is 0 Å². The number of sulfonamides is 1. The Morgan fingerprint density at radius 1 is 1.00 bits per heavy atom. The molecule has 24 heavy (non-hydrogen) atoms. The maximum atomic E-state index is 12.5. The van der Waals surface area contributed by atoms with Crippen molar-refractivity contribution in [3.8, 4) is 23.3 Å². The number of anilines is 1. The molecule has 0 aliphatic carbocycles. The van der Waals surface area contributed by atoms with Crippen LogP contribution in [0.3, 0.4) is 0 Å². The first-order valence-electron chi connectivity index (χ1n) is 6.78. The molecule has 2 aromatic rings. The molecule has 0 aliphatic heterocycles. The van der Waals surface area contributed by atoms with Gasteiger partial charge < -0.3 is 14.2 Å². The number of rotatable bonds is 6. The third-order valence-electron chi connectivity index (χ3n) is 3.19. The van der Waals surface area contributed by atoms with Gasteiger partial charge in [-0.1, -0.05) is 6.07 Å². The lowest BCUT2D eigenvalue weighted by molar-refractivity contribution is 0.325. The molecule has 0 aromatic heterocycles. The number of benzene rings is 2. The molecule has 0 saturated carbocycles. The van der Waals surface area contributed by atoms with Crippen LogP contribution in [-0.2, 0) is 10.0 Å². The second kappa shape index (κ2) is 7.10. The van der Waals surface area contributed by atoms with Gasteiger partial charge in [0.25, 0.3) is 10.0 Å². The predicted octanol–water partition coefficient (Wildman–Crippen LogP) is 2.38.